The van der Waals surface area contributed by atoms with Crippen LogP contribution in [0.3, 0.4) is 0 Å². The first-order valence-corrected chi connectivity index (χ1v) is 12.8. The van der Waals surface area contributed by atoms with E-state index in [-0.39, 0.29) is 17.2 Å². The molecule has 5 rings (SSSR count). The van der Waals surface area contributed by atoms with Crippen molar-refractivity contribution in [1.82, 2.24) is 14.8 Å². The van der Waals surface area contributed by atoms with Crippen molar-refractivity contribution in [2.24, 2.45) is 0 Å². The number of H-pyrrole nitrogens is 1. The second-order valence-corrected chi connectivity index (χ2v) is 10.0. The Morgan fingerprint density at radius 3 is 2.68 bits per heavy atom. The van der Waals surface area contributed by atoms with E-state index >= 15 is 0 Å². The van der Waals surface area contributed by atoms with Gasteiger partial charge in [-0.1, -0.05) is 6.42 Å². The van der Waals surface area contributed by atoms with E-state index in [0.717, 1.165) is 30.9 Å². The number of fused-ring (bicyclic) bond motifs is 2. The summed E-state index contributed by atoms with van der Waals surface area (Å²) < 4.78 is 14.8. The molecule has 0 bridgehead atoms. The number of hydrogen-bond acceptors (Lipinski definition) is 5. The van der Waals surface area contributed by atoms with Gasteiger partial charge in [-0.15, -0.1) is 0 Å². The molecule has 0 spiro atoms. The summed E-state index contributed by atoms with van der Waals surface area (Å²) in [5, 5.41) is 14.4. The number of aliphatic hydroxyl groups excluding tert-OH is 1. The Hall–Kier alpha value is -3.50. The van der Waals surface area contributed by atoms with Crippen molar-refractivity contribution in [3.8, 4) is 0 Å². The molecule has 0 saturated carbocycles. The maximum absolute atomic E-state index is 14.8. The Morgan fingerprint density at radius 1 is 1.19 bits per heavy atom. The van der Waals surface area contributed by atoms with E-state index in [1.807, 2.05) is 11.8 Å². The summed E-state index contributed by atoms with van der Waals surface area (Å²) >= 11 is 0. The largest absolute Gasteiger partial charge is 0.384 e. The first-order chi connectivity index (χ1) is 17.7. The predicted molar refractivity (Wildman–Crippen MR) is 139 cm³/mol. The summed E-state index contributed by atoms with van der Waals surface area (Å²) in [6, 6.07) is 2.52. The van der Waals surface area contributed by atoms with Crippen LogP contribution in [0.2, 0.25) is 0 Å². The summed E-state index contributed by atoms with van der Waals surface area (Å²) in [5.74, 6) is -1.88. The van der Waals surface area contributed by atoms with Gasteiger partial charge in [0.2, 0.25) is 0 Å². The number of nitrogens with one attached hydrogen (secondary N) is 3. The van der Waals surface area contributed by atoms with Crippen LogP contribution in [0.15, 0.2) is 12.1 Å². The van der Waals surface area contributed by atoms with Crippen molar-refractivity contribution in [1.29, 1.82) is 0 Å². The lowest BCUT2D eigenvalue weighted by Crippen LogP contribution is -2.43. The highest BCUT2D eigenvalue weighted by molar-refractivity contribution is 6.35. The Labute approximate surface area is 214 Å². The number of halogens is 1. The fourth-order valence-corrected chi connectivity index (χ4v) is 5.30. The maximum Gasteiger partial charge on any atom is 0.256 e. The highest BCUT2D eigenvalue weighted by Crippen LogP contribution is 2.37. The molecule has 1 fully saturated rings. The molecule has 3 amide bonds. The number of amides is 3. The molecule has 4 heterocycles. The Kier molecular flexibility index (Phi) is 6.87. The molecule has 196 valence electrons. The molecule has 37 heavy (non-hydrogen) atoms. The van der Waals surface area contributed by atoms with Crippen molar-refractivity contribution in [2.75, 3.05) is 43.4 Å². The lowest BCUT2D eigenvalue weighted by Gasteiger charge is -2.32. The number of anilines is 2. The highest BCUT2D eigenvalue weighted by Gasteiger charge is 2.31. The van der Waals surface area contributed by atoms with E-state index in [9.17, 15) is 23.9 Å². The van der Waals surface area contributed by atoms with Gasteiger partial charge in [0.25, 0.3) is 17.7 Å². The van der Waals surface area contributed by atoms with E-state index in [2.05, 4.69) is 20.5 Å². The van der Waals surface area contributed by atoms with E-state index in [1.165, 1.54) is 38.3 Å². The average molecular weight is 510 g/mol. The van der Waals surface area contributed by atoms with E-state index in [1.54, 1.807) is 6.08 Å². The van der Waals surface area contributed by atoms with Crippen LogP contribution in [0, 0.1) is 12.7 Å². The number of aromatic amines is 1. The molecule has 0 radical (unpaired) electrons. The molecule has 1 atom stereocenters. The Morgan fingerprint density at radius 2 is 1.95 bits per heavy atom. The molecule has 1 aromatic carbocycles. The quantitative estimate of drug-likeness (QED) is 0.447. The number of piperidine rings is 1. The van der Waals surface area contributed by atoms with Crippen LogP contribution in [0.4, 0.5) is 15.8 Å². The van der Waals surface area contributed by atoms with Gasteiger partial charge in [0, 0.05) is 43.0 Å². The standard InChI is InChI=1S/C27H32FN5O4/c1-15-21(29-20-6-9-33(27(37)24(15)20)11-10-32-7-4-3-5-8-32)13-18-17-12-19(28)23(31-25(35)16(2)34)14-22(17)30-26(18)36/h12-14,16,29,34H,3-11H2,1-2H3,(H,30,36)(H,31,35)/b18-13-/t16-/m0/s1. The summed E-state index contributed by atoms with van der Waals surface area (Å²) in [6.07, 6.45) is 4.75. The topological polar surface area (TPSA) is 118 Å². The number of carbonyl (C=O) groups is 3. The summed E-state index contributed by atoms with van der Waals surface area (Å²) in [6.45, 7) is 7.54. The molecular weight excluding hydrogens is 477 g/mol. The lowest BCUT2D eigenvalue weighted by atomic mass is 10.0. The third-order valence-corrected chi connectivity index (χ3v) is 7.45. The van der Waals surface area contributed by atoms with Gasteiger partial charge < -0.3 is 30.5 Å². The third kappa shape index (κ3) is 4.91. The number of likely N-dealkylation sites (tertiary alicyclic amines) is 1. The summed E-state index contributed by atoms with van der Waals surface area (Å²) in [7, 11) is 0. The number of aromatic nitrogens is 1. The average Bonchev–Trinajstić information content (AvgIpc) is 3.35. The van der Waals surface area contributed by atoms with Crippen LogP contribution < -0.4 is 10.6 Å². The third-order valence-electron chi connectivity index (χ3n) is 7.45. The number of carbonyl (C=O) groups excluding carboxylic acids is 3. The lowest BCUT2D eigenvalue weighted by molar-refractivity contribution is -0.123. The molecule has 3 aliphatic rings. The molecule has 2 aromatic rings. The first kappa shape index (κ1) is 25.2. The van der Waals surface area contributed by atoms with Crippen molar-refractivity contribution in [3.05, 3.63) is 46.0 Å². The zero-order valence-electron chi connectivity index (χ0n) is 21.1. The van der Waals surface area contributed by atoms with Crippen molar-refractivity contribution >= 4 is 40.7 Å². The van der Waals surface area contributed by atoms with Crippen molar-refractivity contribution < 1.29 is 23.9 Å². The minimum Gasteiger partial charge on any atom is -0.384 e. The fraction of sp³-hybridized carbons (Fsp3) is 0.444. The van der Waals surface area contributed by atoms with Gasteiger partial charge in [-0.25, -0.2) is 4.39 Å². The van der Waals surface area contributed by atoms with Gasteiger partial charge in [0.1, 0.15) is 11.9 Å². The zero-order valence-corrected chi connectivity index (χ0v) is 21.1. The van der Waals surface area contributed by atoms with Gasteiger partial charge in [-0.3, -0.25) is 14.4 Å². The number of nitrogens with zero attached hydrogens (tertiary/aromatic N) is 2. The highest BCUT2D eigenvalue weighted by atomic mass is 19.1. The first-order valence-electron chi connectivity index (χ1n) is 12.8. The maximum atomic E-state index is 14.8. The minimum atomic E-state index is -1.30. The van der Waals surface area contributed by atoms with Crippen LogP contribution in [0.5, 0.6) is 0 Å². The molecule has 0 unspecified atom stereocenters. The monoisotopic (exact) mass is 509 g/mol. The molecule has 9 nitrogen and oxygen atoms in total. The zero-order chi connectivity index (χ0) is 26.3. The fourth-order valence-electron chi connectivity index (χ4n) is 5.30. The van der Waals surface area contributed by atoms with Gasteiger partial charge in [-0.2, -0.15) is 0 Å². The molecule has 1 aromatic heterocycles. The van der Waals surface area contributed by atoms with E-state index in [0.29, 0.717) is 42.0 Å². The molecule has 1 saturated heterocycles. The number of aliphatic hydroxyl groups is 1. The molecule has 10 heteroatoms. The summed E-state index contributed by atoms with van der Waals surface area (Å²) in [5.41, 5.74) is 3.75. The molecular formula is C27H32FN5O4. The smallest absolute Gasteiger partial charge is 0.256 e. The molecule has 4 N–H and O–H groups in total. The van der Waals surface area contributed by atoms with Crippen LogP contribution in [-0.4, -0.2) is 76.4 Å². The SMILES string of the molecule is Cc1c(/C=C2\C(=O)Nc3cc(NC(=O)[C@H](C)O)c(F)cc32)[nH]c2c1C(=O)N(CCN1CCCCC1)CC2. The second-order valence-electron chi connectivity index (χ2n) is 10.0. The molecule has 3 aliphatic heterocycles. The minimum absolute atomic E-state index is 0.00234. The van der Waals surface area contributed by atoms with Crippen molar-refractivity contribution in [3.63, 3.8) is 0 Å². The van der Waals surface area contributed by atoms with Crippen LogP contribution >= 0.6 is 0 Å². The summed E-state index contributed by atoms with van der Waals surface area (Å²) in [4.78, 5) is 45.5. The van der Waals surface area contributed by atoms with E-state index in [4.69, 9.17) is 0 Å². The number of hydrogen-bond donors (Lipinski definition) is 4. The second kappa shape index (κ2) is 10.1. The Balaban J connectivity index is 1.38. The Bertz CT molecular complexity index is 1290. The predicted octanol–water partition coefficient (Wildman–Crippen LogP) is 2.76. The van der Waals surface area contributed by atoms with Crippen LogP contribution in [-0.2, 0) is 16.0 Å². The van der Waals surface area contributed by atoms with Gasteiger partial charge in [-0.05, 0) is 63.6 Å². The van der Waals surface area contributed by atoms with Gasteiger partial charge in [0.05, 0.1) is 22.5 Å². The number of benzene rings is 1. The number of rotatable bonds is 6. The molecule has 0 aliphatic carbocycles. The van der Waals surface area contributed by atoms with Crippen molar-refractivity contribution in [2.45, 2.75) is 45.6 Å². The van der Waals surface area contributed by atoms with Gasteiger partial charge in [0.15, 0.2) is 0 Å². The van der Waals surface area contributed by atoms with Crippen LogP contribution in [0.25, 0.3) is 11.6 Å². The normalized spacial score (nSPS) is 19.6. The van der Waals surface area contributed by atoms with Gasteiger partial charge >= 0.3 is 0 Å². The van der Waals surface area contributed by atoms with E-state index < -0.39 is 23.7 Å². The van der Waals surface area contributed by atoms with Crippen LogP contribution in [0.1, 0.15) is 59.1 Å².